The molecule has 3 aromatic rings. The molecule has 134 valence electrons. The van der Waals surface area contributed by atoms with E-state index in [1.807, 2.05) is 6.07 Å². The number of hydrogen-bond acceptors (Lipinski definition) is 5. The SMILES string of the molecule is Cc1c(-c2ccc3c(c2O)CC3)nnc2c(C3CCCN(C)C3)csc12. The van der Waals surface area contributed by atoms with E-state index in [4.69, 9.17) is 0 Å². The Morgan fingerprint density at radius 2 is 2.12 bits per heavy atom. The highest BCUT2D eigenvalue weighted by atomic mass is 32.1. The van der Waals surface area contributed by atoms with Gasteiger partial charge in [0.25, 0.3) is 0 Å². The van der Waals surface area contributed by atoms with Gasteiger partial charge in [-0.3, -0.25) is 0 Å². The van der Waals surface area contributed by atoms with Crippen LogP contribution in [-0.4, -0.2) is 40.3 Å². The van der Waals surface area contributed by atoms with Crippen molar-refractivity contribution in [1.29, 1.82) is 0 Å². The van der Waals surface area contributed by atoms with Gasteiger partial charge in [0.1, 0.15) is 17.0 Å². The number of aromatic nitrogens is 2. The van der Waals surface area contributed by atoms with Gasteiger partial charge in [-0.15, -0.1) is 21.5 Å². The second-order valence-corrected chi connectivity index (χ2v) is 8.62. The lowest BCUT2D eigenvalue weighted by Crippen LogP contribution is -2.30. The summed E-state index contributed by atoms with van der Waals surface area (Å²) in [6.45, 7) is 4.39. The van der Waals surface area contributed by atoms with Gasteiger partial charge in [-0.1, -0.05) is 6.07 Å². The van der Waals surface area contributed by atoms with Gasteiger partial charge in [0.05, 0.1) is 4.70 Å². The van der Waals surface area contributed by atoms with E-state index in [9.17, 15) is 5.11 Å². The fourth-order valence-corrected chi connectivity index (χ4v) is 5.54. The molecule has 1 unspecified atom stereocenters. The highest BCUT2D eigenvalue weighted by Crippen LogP contribution is 2.42. The maximum absolute atomic E-state index is 10.6. The zero-order valence-electron chi connectivity index (χ0n) is 15.2. The Kier molecular flexibility index (Phi) is 3.76. The number of rotatable bonds is 2. The average Bonchev–Trinajstić information content (AvgIpc) is 3.02. The van der Waals surface area contributed by atoms with E-state index in [1.54, 1.807) is 11.3 Å². The molecule has 1 saturated heterocycles. The number of phenolic OH excluding ortho intramolecular Hbond substituents is 1. The Hall–Kier alpha value is -1.98. The lowest BCUT2D eigenvalue weighted by molar-refractivity contribution is 0.251. The lowest BCUT2D eigenvalue weighted by Gasteiger charge is -2.29. The predicted octanol–water partition coefficient (Wildman–Crippen LogP) is 4.28. The van der Waals surface area contributed by atoms with E-state index >= 15 is 0 Å². The number of phenols is 1. The van der Waals surface area contributed by atoms with E-state index in [0.717, 1.165) is 47.3 Å². The summed E-state index contributed by atoms with van der Waals surface area (Å²) in [5.74, 6) is 0.947. The van der Waals surface area contributed by atoms with Crippen LogP contribution < -0.4 is 0 Å². The number of benzene rings is 1. The third-order valence-electron chi connectivity index (χ3n) is 6.08. The molecule has 0 radical (unpaired) electrons. The summed E-state index contributed by atoms with van der Waals surface area (Å²) in [5, 5.41) is 22.1. The molecule has 0 amide bonds. The molecule has 0 bridgehead atoms. The van der Waals surface area contributed by atoms with Crippen molar-refractivity contribution in [2.24, 2.45) is 0 Å². The van der Waals surface area contributed by atoms with Gasteiger partial charge in [0, 0.05) is 12.1 Å². The van der Waals surface area contributed by atoms with E-state index in [-0.39, 0.29) is 0 Å². The van der Waals surface area contributed by atoms with Crippen molar-refractivity contribution in [1.82, 2.24) is 15.1 Å². The van der Waals surface area contributed by atoms with Crippen LogP contribution in [0.3, 0.4) is 0 Å². The molecular weight excluding hydrogens is 342 g/mol. The van der Waals surface area contributed by atoms with Crippen molar-refractivity contribution in [2.45, 2.75) is 38.5 Å². The lowest BCUT2D eigenvalue weighted by atomic mass is 9.85. The predicted molar refractivity (Wildman–Crippen MR) is 106 cm³/mol. The molecule has 4 nitrogen and oxygen atoms in total. The van der Waals surface area contributed by atoms with Crippen LogP contribution in [0.15, 0.2) is 17.5 Å². The molecule has 1 aliphatic carbocycles. The average molecular weight is 366 g/mol. The van der Waals surface area contributed by atoms with Crippen LogP contribution in [0.1, 0.15) is 41.0 Å². The third kappa shape index (κ3) is 2.37. The van der Waals surface area contributed by atoms with Gasteiger partial charge in [0.2, 0.25) is 0 Å². The second kappa shape index (κ2) is 6.03. The number of aryl methyl sites for hydroxylation is 2. The van der Waals surface area contributed by atoms with E-state index in [2.05, 4.69) is 40.5 Å². The molecule has 2 aliphatic rings. The normalized spacial score (nSPS) is 20.2. The first-order valence-corrected chi connectivity index (χ1v) is 10.3. The third-order valence-corrected chi connectivity index (χ3v) is 7.19. The Bertz CT molecular complexity index is 1010. The first-order valence-electron chi connectivity index (χ1n) is 9.40. The van der Waals surface area contributed by atoms with Crippen molar-refractivity contribution in [3.63, 3.8) is 0 Å². The maximum atomic E-state index is 10.6. The molecule has 1 fully saturated rings. The van der Waals surface area contributed by atoms with Gasteiger partial charge < -0.3 is 10.0 Å². The van der Waals surface area contributed by atoms with Crippen molar-refractivity contribution in [3.8, 4) is 17.0 Å². The van der Waals surface area contributed by atoms with E-state index < -0.39 is 0 Å². The molecule has 0 saturated carbocycles. The smallest absolute Gasteiger partial charge is 0.128 e. The van der Waals surface area contributed by atoms with Crippen LogP contribution in [0.25, 0.3) is 21.5 Å². The van der Waals surface area contributed by atoms with Crippen LogP contribution >= 0.6 is 11.3 Å². The van der Waals surface area contributed by atoms with Crippen molar-refractivity contribution >= 4 is 21.6 Å². The molecule has 2 aromatic heterocycles. The maximum Gasteiger partial charge on any atom is 0.128 e. The standard InChI is InChI=1S/C21H23N3OS/c1-12-18(16-8-6-13-5-7-15(13)20(16)25)22-23-19-17(11-26-21(12)19)14-4-3-9-24(2)10-14/h6,8,11,14,25H,3-5,7,9-10H2,1-2H3. The zero-order valence-corrected chi connectivity index (χ0v) is 16.1. The molecule has 0 spiro atoms. The molecule has 26 heavy (non-hydrogen) atoms. The summed E-state index contributed by atoms with van der Waals surface area (Å²) in [6.07, 6.45) is 4.50. The topological polar surface area (TPSA) is 49.3 Å². The summed E-state index contributed by atoms with van der Waals surface area (Å²) < 4.78 is 1.21. The molecule has 3 heterocycles. The van der Waals surface area contributed by atoms with Crippen molar-refractivity contribution in [3.05, 3.63) is 39.8 Å². The van der Waals surface area contributed by atoms with Crippen LogP contribution in [0.5, 0.6) is 5.75 Å². The Balaban J connectivity index is 1.60. The van der Waals surface area contributed by atoms with Crippen LogP contribution in [0, 0.1) is 6.92 Å². The number of fused-ring (bicyclic) bond motifs is 2. The monoisotopic (exact) mass is 365 g/mol. The van der Waals surface area contributed by atoms with Gasteiger partial charge >= 0.3 is 0 Å². The zero-order chi connectivity index (χ0) is 17.8. The van der Waals surface area contributed by atoms with Crippen molar-refractivity contribution in [2.75, 3.05) is 20.1 Å². The van der Waals surface area contributed by atoms with Gasteiger partial charge in [0.15, 0.2) is 0 Å². The Morgan fingerprint density at radius 1 is 1.23 bits per heavy atom. The van der Waals surface area contributed by atoms with Gasteiger partial charge in [-0.2, -0.15) is 0 Å². The first kappa shape index (κ1) is 16.2. The highest BCUT2D eigenvalue weighted by Gasteiger charge is 2.25. The Morgan fingerprint density at radius 3 is 2.88 bits per heavy atom. The van der Waals surface area contributed by atoms with E-state index in [1.165, 1.54) is 35.2 Å². The van der Waals surface area contributed by atoms with Gasteiger partial charge in [-0.25, -0.2) is 0 Å². The summed E-state index contributed by atoms with van der Waals surface area (Å²) in [4.78, 5) is 2.41. The minimum Gasteiger partial charge on any atom is -0.507 e. The summed E-state index contributed by atoms with van der Waals surface area (Å²) in [5.41, 5.74) is 7.52. The van der Waals surface area contributed by atoms with Crippen LogP contribution in [0.2, 0.25) is 0 Å². The fraction of sp³-hybridized carbons (Fsp3) is 0.429. The number of likely N-dealkylation sites (tertiary alicyclic amines) is 1. The molecular formula is C21H23N3OS. The molecule has 5 heteroatoms. The summed E-state index contributed by atoms with van der Waals surface area (Å²) in [6, 6.07) is 4.12. The molecule has 5 rings (SSSR count). The van der Waals surface area contributed by atoms with Crippen LogP contribution in [-0.2, 0) is 12.8 Å². The Labute approximate surface area is 157 Å². The summed E-state index contributed by atoms with van der Waals surface area (Å²) in [7, 11) is 2.20. The minimum absolute atomic E-state index is 0.399. The van der Waals surface area contributed by atoms with E-state index in [0.29, 0.717) is 11.7 Å². The second-order valence-electron chi connectivity index (χ2n) is 7.74. The molecule has 1 N–H and O–H groups in total. The summed E-state index contributed by atoms with van der Waals surface area (Å²) >= 11 is 1.77. The first-order chi connectivity index (χ1) is 12.6. The number of hydrogen-bond donors (Lipinski definition) is 1. The van der Waals surface area contributed by atoms with Gasteiger partial charge in [-0.05, 0) is 85.8 Å². The fourth-order valence-electron chi connectivity index (χ4n) is 4.45. The van der Waals surface area contributed by atoms with Crippen molar-refractivity contribution < 1.29 is 5.11 Å². The van der Waals surface area contributed by atoms with Crippen LogP contribution in [0.4, 0.5) is 0 Å². The number of nitrogens with zero attached hydrogens (tertiary/aromatic N) is 3. The number of aromatic hydroxyl groups is 1. The largest absolute Gasteiger partial charge is 0.507 e. The molecule has 1 atom stereocenters. The molecule has 1 aromatic carbocycles. The number of piperidine rings is 1. The number of likely N-dealkylation sites (N-methyl/N-ethyl adjacent to an activating group) is 1. The highest BCUT2D eigenvalue weighted by molar-refractivity contribution is 7.17. The quantitative estimate of drug-likeness (QED) is 0.736. The number of thiophene rings is 1. The minimum atomic E-state index is 0.399. The molecule has 1 aliphatic heterocycles.